The summed E-state index contributed by atoms with van der Waals surface area (Å²) in [7, 11) is 1.60. The molecule has 3 aromatic heterocycles. The SMILES string of the molecule is COc1ccc(-c2ccc3nc(N4CCOCC4)c(=O)n(CC4CCCCC4)c3n2)cn1. The molecule has 1 aliphatic carbocycles. The lowest BCUT2D eigenvalue weighted by Crippen LogP contribution is -2.41. The van der Waals surface area contributed by atoms with Gasteiger partial charge >= 0.3 is 0 Å². The van der Waals surface area contributed by atoms with Crippen LogP contribution in [0.25, 0.3) is 22.4 Å². The van der Waals surface area contributed by atoms with E-state index in [-0.39, 0.29) is 5.56 Å². The maximum Gasteiger partial charge on any atom is 0.295 e. The van der Waals surface area contributed by atoms with Gasteiger partial charge in [-0.2, -0.15) is 0 Å². The third-order valence-electron chi connectivity index (χ3n) is 6.49. The van der Waals surface area contributed by atoms with Gasteiger partial charge in [0.05, 0.1) is 26.0 Å². The molecule has 2 aliphatic rings. The van der Waals surface area contributed by atoms with Gasteiger partial charge in [-0.15, -0.1) is 0 Å². The molecule has 32 heavy (non-hydrogen) atoms. The van der Waals surface area contributed by atoms with Crippen LogP contribution in [0.1, 0.15) is 32.1 Å². The maximum absolute atomic E-state index is 13.6. The fourth-order valence-electron chi connectivity index (χ4n) is 4.70. The van der Waals surface area contributed by atoms with Gasteiger partial charge in [0.25, 0.3) is 5.56 Å². The maximum atomic E-state index is 13.6. The summed E-state index contributed by atoms with van der Waals surface area (Å²) in [5.74, 6) is 1.57. The van der Waals surface area contributed by atoms with E-state index in [2.05, 4.69) is 4.98 Å². The third-order valence-corrected chi connectivity index (χ3v) is 6.49. The Morgan fingerprint density at radius 2 is 1.88 bits per heavy atom. The van der Waals surface area contributed by atoms with Gasteiger partial charge in [-0.3, -0.25) is 9.36 Å². The first-order valence-electron chi connectivity index (χ1n) is 11.5. The Kier molecular flexibility index (Phi) is 6.03. The molecule has 1 saturated carbocycles. The van der Waals surface area contributed by atoms with Gasteiger partial charge < -0.3 is 14.4 Å². The van der Waals surface area contributed by atoms with Gasteiger partial charge in [0, 0.05) is 37.5 Å². The number of methoxy groups -OCH3 is 1. The Balaban J connectivity index is 1.60. The molecule has 0 N–H and O–H groups in total. The molecule has 4 heterocycles. The van der Waals surface area contributed by atoms with E-state index < -0.39 is 0 Å². The van der Waals surface area contributed by atoms with Crippen molar-refractivity contribution in [2.45, 2.75) is 38.6 Å². The largest absolute Gasteiger partial charge is 0.481 e. The topological polar surface area (TPSA) is 82.4 Å². The normalized spacial score (nSPS) is 17.6. The molecule has 1 saturated heterocycles. The smallest absolute Gasteiger partial charge is 0.295 e. The lowest BCUT2D eigenvalue weighted by Gasteiger charge is -2.29. The van der Waals surface area contributed by atoms with Gasteiger partial charge in [0.2, 0.25) is 5.88 Å². The summed E-state index contributed by atoms with van der Waals surface area (Å²) in [5, 5.41) is 0. The quantitative estimate of drug-likeness (QED) is 0.608. The Hall–Kier alpha value is -3.00. The summed E-state index contributed by atoms with van der Waals surface area (Å²) in [6.45, 7) is 3.28. The number of aromatic nitrogens is 4. The van der Waals surface area contributed by atoms with Crippen molar-refractivity contribution in [1.82, 2.24) is 19.5 Å². The molecule has 0 atom stereocenters. The van der Waals surface area contributed by atoms with Crippen LogP contribution in [0.4, 0.5) is 5.82 Å². The van der Waals surface area contributed by atoms with Crippen LogP contribution in [-0.4, -0.2) is 52.9 Å². The highest BCUT2D eigenvalue weighted by Gasteiger charge is 2.23. The number of rotatable bonds is 5. The van der Waals surface area contributed by atoms with Crippen molar-refractivity contribution in [2.75, 3.05) is 38.3 Å². The van der Waals surface area contributed by atoms with E-state index in [0.29, 0.717) is 56.1 Å². The molecule has 0 amide bonds. The molecule has 0 aromatic carbocycles. The number of anilines is 1. The fourth-order valence-corrected chi connectivity index (χ4v) is 4.70. The average Bonchev–Trinajstić information content (AvgIpc) is 2.86. The van der Waals surface area contributed by atoms with E-state index in [1.54, 1.807) is 13.3 Å². The number of hydrogen-bond donors (Lipinski definition) is 0. The molecule has 8 heteroatoms. The van der Waals surface area contributed by atoms with Crippen molar-refractivity contribution >= 4 is 17.0 Å². The van der Waals surface area contributed by atoms with Crippen molar-refractivity contribution in [3.05, 3.63) is 40.8 Å². The van der Waals surface area contributed by atoms with Gasteiger partial charge in [0.1, 0.15) is 5.52 Å². The Morgan fingerprint density at radius 3 is 2.59 bits per heavy atom. The number of nitrogens with zero attached hydrogens (tertiary/aromatic N) is 5. The second-order valence-corrected chi connectivity index (χ2v) is 8.58. The van der Waals surface area contributed by atoms with Crippen molar-refractivity contribution < 1.29 is 9.47 Å². The van der Waals surface area contributed by atoms with Crippen LogP contribution >= 0.6 is 0 Å². The highest BCUT2D eigenvalue weighted by molar-refractivity contribution is 5.76. The minimum absolute atomic E-state index is 0.0533. The zero-order valence-corrected chi connectivity index (χ0v) is 18.5. The van der Waals surface area contributed by atoms with Crippen molar-refractivity contribution in [2.24, 2.45) is 5.92 Å². The molecule has 0 spiro atoms. The zero-order chi connectivity index (χ0) is 21.9. The molecular weight excluding hydrogens is 406 g/mol. The molecule has 8 nitrogen and oxygen atoms in total. The van der Waals surface area contributed by atoms with Crippen LogP contribution in [0, 0.1) is 5.92 Å². The molecule has 5 rings (SSSR count). The lowest BCUT2D eigenvalue weighted by molar-refractivity contribution is 0.122. The standard InChI is InChI=1S/C24H29N5O3/c1-31-21-10-7-18(15-25-21)19-8-9-20-22(26-19)29(16-17-5-3-2-4-6-17)24(30)23(27-20)28-11-13-32-14-12-28/h7-10,15,17H,2-6,11-14,16H2,1H3. The first kappa shape index (κ1) is 20.9. The number of fused-ring (bicyclic) bond motifs is 1. The fraction of sp³-hybridized carbons (Fsp3) is 0.500. The molecular formula is C24H29N5O3. The summed E-state index contributed by atoms with van der Waals surface area (Å²) in [6, 6.07) is 7.65. The first-order chi connectivity index (χ1) is 15.7. The summed E-state index contributed by atoms with van der Waals surface area (Å²) in [4.78, 5) is 29.6. The van der Waals surface area contributed by atoms with Gasteiger partial charge in [-0.05, 0) is 37.0 Å². The molecule has 3 aromatic rings. The predicted octanol–water partition coefficient (Wildman–Crippen LogP) is 3.28. The molecule has 0 radical (unpaired) electrons. The number of ether oxygens (including phenoxy) is 2. The Labute approximate surface area is 187 Å². The molecule has 1 aliphatic heterocycles. The van der Waals surface area contributed by atoms with Gasteiger partial charge in [0.15, 0.2) is 11.5 Å². The molecule has 168 valence electrons. The van der Waals surface area contributed by atoms with E-state index in [1.807, 2.05) is 33.7 Å². The summed E-state index contributed by atoms with van der Waals surface area (Å²) < 4.78 is 12.5. The second kappa shape index (κ2) is 9.24. The highest BCUT2D eigenvalue weighted by atomic mass is 16.5. The summed E-state index contributed by atoms with van der Waals surface area (Å²) >= 11 is 0. The highest BCUT2D eigenvalue weighted by Crippen LogP contribution is 2.27. The first-order valence-corrected chi connectivity index (χ1v) is 11.5. The van der Waals surface area contributed by atoms with Crippen molar-refractivity contribution in [3.8, 4) is 17.1 Å². The second-order valence-electron chi connectivity index (χ2n) is 8.58. The Bertz CT molecular complexity index is 1130. The van der Waals surface area contributed by atoms with Crippen LogP contribution < -0.4 is 15.2 Å². The van der Waals surface area contributed by atoms with Crippen LogP contribution in [0.3, 0.4) is 0 Å². The van der Waals surface area contributed by atoms with Crippen molar-refractivity contribution in [3.63, 3.8) is 0 Å². The van der Waals surface area contributed by atoms with Gasteiger partial charge in [-0.1, -0.05) is 19.3 Å². The number of morpholine rings is 1. The van der Waals surface area contributed by atoms with Crippen LogP contribution in [0.5, 0.6) is 5.88 Å². The zero-order valence-electron chi connectivity index (χ0n) is 18.5. The lowest BCUT2D eigenvalue weighted by atomic mass is 9.89. The van der Waals surface area contributed by atoms with E-state index in [1.165, 1.54) is 19.3 Å². The van der Waals surface area contributed by atoms with E-state index >= 15 is 0 Å². The van der Waals surface area contributed by atoms with E-state index in [4.69, 9.17) is 19.4 Å². The van der Waals surface area contributed by atoms with E-state index in [0.717, 1.165) is 29.6 Å². The molecule has 2 fully saturated rings. The van der Waals surface area contributed by atoms with Crippen LogP contribution in [0.15, 0.2) is 35.3 Å². The minimum Gasteiger partial charge on any atom is -0.481 e. The van der Waals surface area contributed by atoms with Crippen molar-refractivity contribution in [1.29, 1.82) is 0 Å². The van der Waals surface area contributed by atoms with Crippen LogP contribution in [-0.2, 0) is 11.3 Å². The van der Waals surface area contributed by atoms with Gasteiger partial charge in [-0.25, -0.2) is 15.0 Å². The monoisotopic (exact) mass is 435 g/mol. The molecule has 0 unspecified atom stereocenters. The number of pyridine rings is 2. The predicted molar refractivity (Wildman–Crippen MR) is 123 cm³/mol. The van der Waals surface area contributed by atoms with E-state index in [9.17, 15) is 4.79 Å². The number of hydrogen-bond acceptors (Lipinski definition) is 7. The Morgan fingerprint density at radius 1 is 1.06 bits per heavy atom. The third kappa shape index (κ3) is 4.19. The average molecular weight is 436 g/mol. The summed E-state index contributed by atoms with van der Waals surface area (Å²) in [5.41, 5.74) is 2.98. The van der Waals surface area contributed by atoms with Crippen LogP contribution in [0.2, 0.25) is 0 Å². The summed E-state index contributed by atoms with van der Waals surface area (Å²) in [6.07, 6.45) is 7.81. The molecule has 0 bridgehead atoms. The minimum atomic E-state index is -0.0533.